The second-order valence-electron chi connectivity index (χ2n) is 3.74. The van der Waals surface area contributed by atoms with Crippen molar-refractivity contribution in [3.63, 3.8) is 0 Å². The van der Waals surface area contributed by atoms with Gasteiger partial charge in [0.15, 0.2) is 5.69 Å². The fourth-order valence-electron chi connectivity index (χ4n) is 1.19. The summed E-state index contributed by atoms with van der Waals surface area (Å²) < 4.78 is 4.52. The van der Waals surface area contributed by atoms with E-state index < -0.39 is 17.9 Å². The predicted octanol–water partition coefficient (Wildman–Crippen LogP) is 0.786. The molecule has 0 saturated carbocycles. The maximum atomic E-state index is 11.2. The summed E-state index contributed by atoms with van der Waals surface area (Å²) in [5.41, 5.74) is 0.105. The number of nitrogens with zero attached hydrogens (tertiary/aromatic N) is 2. The lowest BCUT2D eigenvalue weighted by atomic mass is 10.1. The molecule has 0 radical (unpaired) electrons. The van der Waals surface area contributed by atoms with Crippen LogP contribution in [0.4, 0.5) is 5.82 Å². The Morgan fingerprint density at radius 2 is 2.22 bits per heavy atom. The van der Waals surface area contributed by atoms with E-state index in [2.05, 4.69) is 20.0 Å². The van der Waals surface area contributed by atoms with Crippen LogP contribution in [-0.4, -0.2) is 40.7 Å². The van der Waals surface area contributed by atoms with Crippen molar-refractivity contribution < 1.29 is 19.4 Å². The molecule has 1 unspecified atom stereocenters. The van der Waals surface area contributed by atoms with E-state index in [-0.39, 0.29) is 5.69 Å². The SMILES string of the molecule is COC(=O)c1cncc(NCCC(C)C(=O)O)n1. The zero-order valence-electron chi connectivity index (χ0n) is 10.2. The smallest absolute Gasteiger partial charge is 0.358 e. The van der Waals surface area contributed by atoms with Crippen molar-refractivity contribution in [2.45, 2.75) is 13.3 Å². The molecule has 7 nitrogen and oxygen atoms in total. The second kappa shape index (κ2) is 6.53. The van der Waals surface area contributed by atoms with Crippen molar-refractivity contribution in [3.05, 3.63) is 18.1 Å². The topological polar surface area (TPSA) is 101 Å². The number of carbonyl (C=O) groups is 2. The number of aromatic nitrogens is 2. The first-order valence-electron chi connectivity index (χ1n) is 5.41. The van der Waals surface area contributed by atoms with Crippen molar-refractivity contribution >= 4 is 17.8 Å². The van der Waals surface area contributed by atoms with E-state index in [1.54, 1.807) is 6.92 Å². The minimum absolute atomic E-state index is 0.105. The maximum absolute atomic E-state index is 11.2. The molecule has 0 bridgehead atoms. The van der Waals surface area contributed by atoms with Gasteiger partial charge in [-0.2, -0.15) is 0 Å². The van der Waals surface area contributed by atoms with Gasteiger partial charge in [-0.05, 0) is 6.42 Å². The molecule has 1 aromatic heterocycles. The molecule has 1 rings (SSSR count). The summed E-state index contributed by atoms with van der Waals surface area (Å²) in [6.45, 7) is 2.06. The molecule has 0 aliphatic heterocycles. The van der Waals surface area contributed by atoms with Crippen LogP contribution in [-0.2, 0) is 9.53 Å². The largest absolute Gasteiger partial charge is 0.481 e. The van der Waals surface area contributed by atoms with Crippen LogP contribution >= 0.6 is 0 Å². The number of methoxy groups -OCH3 is 1. The number of carboxylic acids is 1. The number of rotatable bonds is 6. The van der Waals surface area contributed by atoms with Gasteiger partial charge in [0.05, 0.1) is 25.4 Å². The number of ether oxygens (including phenoxy) is 1. The fraction of sp³-hybridized carbons (Fsp3) is 0.455. The number of esters is 1. The first kappa shape index (κ1) is 13.9. The highest BCUT2D eigenvalue weighted by atomic mass is 16.5. The van der Waals surface area contributed by atoms with Crippen LogP contribution in [0.1, 0.15) is 23.8 Å². The van der Waals surface area contributed by atoms with Gasteiger partial charge in [-0.3, -0.25) is 9.78 Å². The van der Waals surface area contributed by atoms with Crippen molar-refractivity contribution in [1.29, 1.82) is 0 Å². The second-order valence-corrected chi connectivity index (χ2v) is 3.74. The van der Waals surface area contributed by atoms with Crippen molar-refractivity contribution in [3.8, 4) is 0 Å². The van der Waals surface area contributed by atoms with Crippen LogP contribution in [0.2, 0.25) is 0 Å². The Labute approximate surface area is 104 Å². The van der Waals surface area contributed by atoms with E-state index in [4.69, 9.17) is 5.11 Å². The Morgan fingerprint density at radius 3 is 2.83 bits per heavy atom. The van der Waals surface area contributed by atoms with Crippen LogP contribution in [0.3, 0.4) is 0 Å². The third-order valence-corrected chi connectivity index (χ3v) is 2.33. The number of aliphatic carboxylic acids is 1. The summed E-state index contributed by atoms with van der Waals surface area (Å²) in [4.78, 5) is 29.6. The molecule has 0 aromatic carbocycles. The van der Waals surface area contributed by atoms with Gasteiger partial charge >= 0.3 is 11.9 Å². The third kappa shape index (κ3) is 4.00. The molecule has 98 valence electrons. The van der Waals surface area contributed by atoms with E-state index >= 15 is 0 Å². The summed E-state index contributed by atoms with van der Waals surface area (Å²) in [5.74, 6) is -1.43. The minimum atomic E-state index is -0.841. The number of anilines is 1. The van der Waals surface area contributed by atoms with Crippen LogP contribution in [0, 0.1) is 5.92 Å². The lowest BCUT2D eigenvalue weighted by Gasteiger charge is -2.08. The first-order chi connectivity index (χ1) is 8.54. The molecule has 0 saturated heterocycles. The molecule has 18 heavy (non-hydrogen) atoms. The highest BCUT2D eigenvalue weighted by Gasteiger charge is 2.11. The zero-order chi connectivity index (χ0) is 13.5. The van der Waals surface area contributed by atoms with Crippen molar-refractivity contribution in [1.82, 2.24) is 9.97 Å². The Balaban J connectivity index is 2.53. The molecule has 2 N–H and O–H groups in total. The maximum Gasteiger partial charge on any atom is 0.358 e. The van der Waals surface area contributed by atoms with Crippen LogP contribution in [0.5, 0.6) is 0 Å². The standard InChI is InChI=1S/C11H15N3O4/c1-7(10(15)16)3-4-13-9-6-12-5-8(14-9)11(17)18-2/h5-7H,3-4H2,1-2H3,(H,13,14)(H,15,16). The summed E-state index contributed by atoms with van der Waals surface area (Å²) in [5, 5.41) is 11.6. The van der Waals surface area contributed by atoms with Gasteiger partial charge in [0.1, 0.15) is 5.82 Å². The van der Waals surface area contributed by atoms with Crippen molar-refractivity contribution in [2.75, 3.05) is 19.0 Å². The van der Waals surface area contributed by atoms with Gasteiger partial charge in [0.25, 0.3) is 0 Å². The van der Waals surface area contributed by atoms with Gasteiger partial charge in [-0.1, -0.05) is 6.92 Å². The summed E-state index contributed by atoms with van der Waals surface area (Å²) in [6.07, 6.45) is 3.22. The molecule has 1 aromatic rings. The molecule has 7 heteroatoms. The van der Waals surface area contributed by atoms with Crippen LogP contribution in [0.25, 0.3) is 0 Å². The lowest BCUT2D eigenvalue weighted by Crippen LogP contribution is -2.15. The quantitative estimate of drug-likeness (QED) is 0.722. The Hall–Kier alpha value is -2.18. The molecule has 0 amide bonds. The van der Waals surface area contributed by atoms with Crippen molar-refractivity contribution in [2.24, 2.45) is 5.92 Å². The van der Waals surface area contributed by atoms with E-state index in [0.29, 0.717) is 18.8 Å². The average Bonchev–Trinajstić information content (AvgIpc) is 2.37. The summed E-state index contributed by atoms with van der Waals surface area (Å²) >= 11 is 0. The Bertz CT molecular complexity index is 436. The van der Waals surface area contributed by atoms with Gasteiger partial charge in [0.2, 0.25) is 0 Å². The molecular formula is C11H15N3O4. The molecule has 0 spiro atoms. The minimum Gasteiger partial charge on any atom is -0.481 e. The number of hydrogen-bond acceptors (Lipinski definition) is 6. The van der Waals surface area contributed by atoms with Crippen LogP contribution in [0.15, 0.2) is 12.4 Å². The molecular weight excluding hydrogens is 238 g/mol. The summed E-state index contributed by atoms with van der Waals surface area (Å²) in [7, 11) is 1.26. The van der Waals surface area contributed by atoms with Gasteiger partial charge in [-0.25, -0.2) is 9.78 Å². The molecule has 1 heterocycles. The van der Waals surface area contributed by atoms with Gasteiger partial charge in [-0.15, -0.1) is 0 Å². The molecule has 1 atom stereocenters. The average molecular weight is 253 g/mol. The predicted molar refractivity (Wildman–Crippen MR) is 63.3 cm³/mol. The molecule has 0 fully saturated rings. The lowest BCUT2D eigenvalue weighted by molar-refractivity contribution is -0.141. The number of carbonyl (C=O) groups excluding carboxylic acids is 1. The zero-order valence-corrected chi connectivity index (χ0v) is 10.2. The highest BCUT2D eigenvalue weighted by molar-refractivity contribution is 5.87. The van der Waals surface area contributed by atoms with E-state index in [9.17, 15) is 9.59 Å². The number of carboxylic acid groups (broad SMARTS) is 1. The normalized spacial score (nSPS) is 11.7. The summed E-state index contributed by atoms with van der Waals surface area (Å²) in [6, 6.07) is 0. The van der Waals surface area contributed by atoms with Gasteiger partial charge in [0, 0.05) is 6.54 Å². The van der Waals surface area contributed by atoms with E-state index in [1.165, 1.54) is 19.5 Å². The third-order valence-electron chi connectivity index (χ3n) is 2.33. The number of hydrogen-bond donors (Lipinski definition) is 2. The highest BCUT2D eigenvalue weighted by Crippen LogP contribution is 2.06. The fourth-order valence-corrected chi connectivity index (χ4v) is 1.19. The van der Waals surface area contributed by atoms with E-state index in [0.717, 1.165) is 0 Å². The number of nitrogens with one attached hydrogen (secondary N) is 1. The first-order valence-corrected chi connectivity index (χ1v) is 5.41. The van der Waals surface area contributed by atoms with Gasteiger partial charge < -0.3 is 15.2 Å². The Kier molecular flexibility index (Phi) is 5.04. The Morgan fingerprint density at radius 1 is 1.50 bits per heavy atom. The molecule has 0 aliphatic carbocycles. The van der Waals surface area contributed by atoms with Crippen LogP contribution < -0.4 is 5.32 Å². The van der Waals surface area contributed by atoms with E-state index in [1.807, 2.05) is 0 Å². The molecule has 0 aliphatic rings. The monoisotopic (exact) mass is 253 g/mol.